The van der Waals surface area contributed by atoms with Crippen molar-refractivity contribution in [1.82, 2.24) is 0 Å². The average Bonchev–Trinajstić information content (AvgIpc) is 2.14. The van der Waals surface area contributed by atoms with Crippen LogP contribution < -0.4 is 0 Å². The molecule has 0 spiro atoms. The lowest BCUT2D eigenvalue weighted by atomic mass is 10.2. The molecule has 3 nitrogen and oxygen atoms in total. The van der Waals surface area contributed by atoms with Crippen molar-refractivity contribution in [2.45, 2.75) is 25.6 Å². The Kier molecular flexibility index (Phi) is 4.77. The molecule has 3 heteroatoms. The molecule has 1 atom stereocenters. The SMILES string of the molecule is C#CCOCOC1CCCCO1. The van der Waals surface area contributed by atoms with E-state index in [0.717, 1.165) is 19.4 Å². The third kappa shape index (κ3) is 3.72. The molecule has 0 N–H and O–H groups in total. The molecule has 0 aromatic rings. The first-order valence-corrected chi connectivity index (χ1v) is 4.18. The predicted molar refractivity (Wildman–Crippen MR) is 44.3 cm³/mol. The number of rotatable bonds is 4. The first-order valence-electron chi connectivity index (χ1n) is 4.18. The molecular weight excluding hydrogens is 156 g/mol. The van der Waals surface area contributed by atoms with E-state index < -0.39 is 0 Å². The molecule has 1 saturated heterocycles. The Labute approximate surface area is 73.0 Å². The highest BCUT2D eigenvalue weighted by Gasteiger charge is 2.13. The maximum absolute atomic E-state index is 5.30. The van der Waals surface area contributed by atoms with Crippen molar-refractivity contribution < 1.29 is 14.2 Å². The maximum atomic E-state index is 5.30. The number of ether oxygens (including phenoxy) is 3. The van der Waals surface area contributed by atoms with E-state index in [1.165, 1.54) is 6.42 Å². The highest BCUT2D eigenvalue weighted by atomic mass is 16.7. The normalized spacial score (nSPS) is 23.4. The fraction of sp³-hybridized carbons (Fsp3) is 0.778. The van der Waals surface area contributed by atoms with Gasteiger partial charge in [-0.1, -0.05) is 5.92 Å². The highest BCUT2D eigenvalue weighted by Crippen LogP contribution is 2.13. The number of hydrogen-bond donors (Lipinski definition) is 0. The molecule has 0 saturated carbocycles. The van der Waals surface area contributed by atoms with E-state index in [1.54, 1.807) is 0 Å². The van der Waals surface area contributed by atoms with Gasteiger partial charge in [0.05, 0.1) is 0 Å². The lowest BCUT2D eigenvalue weighted by Gasteiger charge is -2.22. The van der Waals surface area contributed by atoms with Gasteiger partial charge < -0.3 is 14.2 Å². The van der Waals surface area contributed by atoms with E-state index in [1.807, 2.05) is 0 Å². The third-order valence-corrected chi connectivity index (χ3v) is 1.66. The summed E-state index contributed by atoms with van der Waals surface area (Å²) < 4.78 is 15.5. The van der Waals surface area contributed by atoms with Gasteiger partial charge in [-0.2, -0.15) is 0 Å². The second kappa shape index (κ2) is 6.01. The molecule has 0 aliphatic carbocycles. The van der Waals surface area contributed by atoms with Gasteiger partial charge in [0.2, 0.25) is 0 Å². The van der Waals surface area contributed by atoms with Gasteiger partial charge in [-0.15, -0.1) is 6.42 Å². The predicted octanol–water partition coefficient (Wildman–Crippen LogP) is 1.14. The van der Waals surface area contributed by atoms with Crippen molar-refractivity contribution in [3.8, 4) is 12.3 Å². The van der Waals surface area contributed by atoms with Gasteiger partial charge in [0, 0.05) is 6.61 Å². The van der Waals surface area contributed by atoms with E-state index in [0.29, 0.717) is 6.61 Å². The Morgan fingerprint density at radius 2 is 2.42 bits per heavy atom. The first kappa shape index (κ1) is 9.53. The van der Waals surface area contributed by atoms with Crippen molar-refractivity contribution in [1.29, 1.82) is 0 Å². The summed E-state index contributed by atoms with van der Waals surface area (Å²) in [6, 6.07) is 0. The van der Waals surface area contributed by atoms with Crippen LogP contribution in [0.1, 0.15) is 19.3 Å². The van der Waals surface area contributed by atoms with Crippen LogP contribution in [-0.4, -0.2) is 26.3 Å². The van der Waals surface area contributed by atoms with E-state index in [9.17, 15) is 0 Å². The van der Waals surface area contributed by atoms with Gasteiger partial charge in [0.15, 0.2) is 13.1 Å². The van der Waals surface area contributed by atoms with Crippen molar-refractivity contribution in [2.75, 3.05) is 20.0 Å². The van der Waals surface area contributed by atoms with Crippen LogP contribution >= 0.6 is 0 Å². The molecule has 0 bridgehead atoms. The fourth-order valence-electron chi connectivity index (χ4n) is 1.07. The Bertz CT molecular complexity index is 144. The summed E-state index contributed by atoms with van der Waals surface area (Å²) in [4.78, 5) is 0. The molecule has 0 aromatic carbocycles. The largest absolute Gasteiger partial charge is 0.353 e. The zero-order valence-corrected chi connectivity index (χ0v) is 7.12. The van der Waals surface area contributed by atoms with Crippen LogP contribution in [0.2, 0.25) is 0 Å². The van der Waals surface area contributed by atoms with Crippen LogP contribution in [-0.2, 0) is 14.2 Å². The van der Waals surface area contributed by atoms with Gasteiger partial charge in [-0.25, -0.2) is 0 Å². The minimum atomic E-state index is -0.0866. The molecule has 1 aliphatic heterocycles. The molecule has 1 unspecified atom stereocenters. The van der Waals surface area contributed by atoms with Crippen LogP contribution in [0, 0.1) is 12.3 Å². The molecule has 1 rings (SSSR count). The second-order valence-electron chi connectivity index (χ2n) is 2.63. The summed E-state index contributed by atoms with van der Waals surface area (Å²) in [7, 11) is 0. The molecule has 0 aromatic heterocycles. The Balaban J connectivity index is 1.95. The van der Waals surface area contributed by atoms with Crippen LogP contribution in [0.4, 0.5) is 0 Å². The molecule has 1 heterocycles. The van der Waals surface area contributed by atoms with E-state index in [2.05, 4.69) is 5.92 Å². The van der Waals surface area contributed by atoms with Crippen molar-refractivity contribution in [3.63, 3.8) is 0 Å². The summed E-state index contributed by atoms with van der Waals surface area (Å²) in [5.74, 6) is 2.36. The minimum absolute atomic E-state index is 0.0866. The van der Waals surface area contributed by atoms with Crippen LogP contribution in [0.5, 0.6) is 0 Å². The van der Waals surface area contributed by atoms with Crippen LogP contribution in [0.3, 0.4) is 0 Å². The maximum Gasteiger partial charge on any atom is 0.160 e. The lowest BCUT2D eigenvalue weighted by molar-refractivity contribution is -0.205. The van der Waals surface area contributed by atoms with E-state index in [4.69, 9.17) is 20.6 Å². The van der Waals surface area contributed by atoms with E-state index in [-0.39, 0.29) is 13.1 Å². The van der Waals surface area contributed by atoms with Crippen LogP contribution in [0.25, 0.3) is 0 Å². The summed E-state index contributed by atoms with van der Waals surface area (Å²) in [6.45, 7) is 1.32. The molecule has 1 aliphatic rings. The molecule has 0 amide bonds. The van der Waals surface area contributed by atoms with Gasteiger partial charge in [-0.3, -0.25) is 0 Å². The monoisotopic (exact) mass is 170 g/mol. The summed E-state index contributed by atoms with van der Waals surface area (Å²) in [6.07, 6.45) is 8.15. The quantitative estimate of drug-likeness (QED) is 0.359. The Hall–Kier alpha value is -0.560. The molecule has 68 valence electrons. The molecule has 0 radical (unpaired) electrons. The summed E-state index contributed by atoms with van der Waals surface area (Å²) in [5.41, 5.74) is 0. The summed E-state index contributed by atoms with van der Waals surface area (Å²) in [5, 5.41) is 0. The number of hydrogen-bond acceptors (Lipinski definition) is 3. The fourth-order valence-corrected chi connectivity index (χ4v) is 1.07. The molecular formula is C9H14O3. The van der Waals surface area contributed by atoms with Crippen molar-refractivity contribution in [3.05, 3.63) is 0 Å². The van der Waals surface area contributed by atoms with Crippen molar-refractivity contribution >= 4 is 0 Å². The molecule has 12 heavy (non-hydrogen) atoms. The molecule has 1 fully saturated rings. The average molecular weight is 170 g/mol. The topological polar surface area (TPSA) is 27.7 Å². The standard InChI is InChI=1S/C9H14O3/c1-2-6-10-8-12-9-5-3-4-7-11-9/h1,9H,3-8H2. The van der Waals surface area contributed by atoms with Crippen molar-refractivity contribution in [2.24, 2.45) is 0 Å². The minimum Gasteiger partial charge on any atom is -0.353 e. The van der Waals surface area contributed by atoms with Crippen LogP contribution in [0.15, 0.2) is 0 Å². The Morgan fingerprint density at radius 3 is 3.08 bits per heavy atom. The Morgan fingerprint density at radius 1 is 1.50 bits per heavy atom. The summed E-state index contributed by atoms with van der Waals surface area (Å²) >= 11 is 0. The van der Waals surface area contributed by atoms with Gasteiger partial charge in [0.1, 0.15) is 6.61 Å². The zero-order chi connectivity index (χ0) is 8.65. The number of terminal acetylenes is 1. The second-order valence-corrected chi connectivity index (χ2v) is 2.63. The van der Waals surface area contributed by atoms with Gasteiger partial charge in [0.25, 0.3) is 0 Å². The smallest absolute Gasteiger partial charge is 0.160 e. The zero-order valence-electron chi connectivity index (χ0n) is 7.12. The first-order chi connectivity index (χ1) is 5.93. The van der Waals surface area contributed by atoms with Gasteiger partial charge >= 0.3 is 0 Å². The van der Waals surface area contributed by atoms with E-state index >= 15 is 0 Å². The third-order valence-electron chi connectivity index (χ3n) is 1.66. The van der Waals surface area contributed by atoms with Gasteiger partial charge in [-0.05, 0) is 19.3 Å². The lowest BCUT2D eigenvalue weighted by Crippen LogP contribution is -2.23. The highest BCUT2D eigenvalue weighted by molar-refractivity contribution is 4.82.